The van der Waals surface area contributed by atoms with Crippen LogP contribution in [0.2, 0.25) is 0 Å². The second kappa shape index (κ2) is 9.57. The summed E-state index contributed by atoms with van der Waals surface area (Å²) in [6.07, 6.45) is 3.36. The van der Waals surface area contributed by atoms with Crippen LogP contribution in [-0.4, -0.2) is 34.9 Å². The fourth-order valence-electron chi connectivity index (χ4n) is 5.63. The zero-order chi connectivity index (χ0) is 24.5. The minimum Gasteiger partial charge on any atom is -0.452 e. The highest BCUT2D eigenvalue weighted by atomic mass is 16.5. The highest BCUT2D eigenvalue weighted by molar-refractivity contribution is 6.05. The lowest BCUT2D eigenvalue weighted by molar-refractivity contribution is -0.135. The molecule has 0 saturated heterocycles. The van der Waals surface area contributed by atoms with Gasteiger partial charge in [0.1, 0.15) is 0 Å². The Hall–Kier alpha value is -3.99. The molecule has 0 radical (unpaired) electrons. The Kier molecular flexibility index (Phi) is 5.98. The maximum atomic E-state index is 13.5. The average molecular weight is 477 g/mol. The van der Waals surface area contributed by atoms with Gasteiger partial charge in [-0.2, -0.15) is 0 Å². The summed E-state index contributed by atoms with van der Waals surface area (Å²) in [4.78, 5) is 33.2. The quantitative estimate of drug-likeness (QED) is 0.378. The number of esters is 1. The van der Waals surface area contributed by atoms with E-state index >= 15 is 0 Å². The van der Waals surface area contributed by atoms with Gasteiger partial charge in [-0.1, -0.05) is 72.8 Å². The van der Waals surface area contributed by atoms with Crippen molar-refractivity contribution in [2.45, 2.75) is 38.1 Å². The first-order valence-electron chi connectivity index (χ1n) is 12.6. The predicted octanol–water partition coefficient (Wildman–Crippen LogP) is 5.25. The molecule has 0 spiro atoms. The van der Waals surface area contributed by atoms with Crippen LogP contribution in [0.25, 0.3) is 10.9 Å². The van der Waals surface area contributed by atoms with E-state index in [2.05, 4.69) is 36.4 Å². The van der Waals surface area contributed by atoms with Gasteiger partial charge in [0.2, 0.25) is 0 Å². The third-order valence-electron chi connectivity index (χ3n) is 7.54. The predicted molar refractivity (Wildman–Crippen MR) is 139 cm³/mol. The molecule has 5 nitrogen and oxygen atoms in total. The minimum atomic E-state index is -0.440. The summed E-state index contributed by atoms with van der Waals surface area (Å²) >= 11 is 0. The number of benzene rings is 3. The summed E-state index contributed by atoms with van der Waals surface area (Å²) in [5.41, 5.74) is 6.99. The van der Waals surface area contributed by atoms with E-state index in [0.717, 1.165) is 53.4 Å². The van der Waals surface area contributed by atoms with Gasteiger partial charge in [0.05, 0.1) is 11.1 Å². The van der Waals surface area contributed by atoms with Crippen LogP contribution in [0.5, 0.6) is 0 Å². The first-order valence-corrected chi connectivity index (χ1v) is 12.6. The van der Waals surface area contributed by atoms with Gasteiger partial charge in [-0.25, -0.2) is 4.79 Å². The molecule has 1 aromatic heterocycles. The minimum absolute atomic E-state index is 0.160. The molecule has 1 unspecified atom stereocenters. The van der Waals surface area contributed by atoms with Crippen molar-refractivity contribution in [3.05, 3.63) is 112 Å². The van der Waals surface area contributed by atoms with Crippen LogP contribution in [-0.2, 0) is 35.3 Å². The van der Waals surface area contributed by atoms with Crippen LogP contribution < -0.4 is 0 Å². The molecule has 2 heterocycles. The Morgan fingerprint density at radius 2 is 1.64 bits per heavy atom. The van der Waals surface area contributed by atoms with E-state index in [1.807, 2.05) is 42.5 Å². The molecule has 1 aliphatic carbocycles. The topological polar surface area (TPSA) is 59.5 Å². The van der Waals surface area contributed by atoms with E-state index in [-0.39, 0.29) is 12.5 Å². The number of nitrogens with zero attached hydrogens (tertiary/aromatic N) is 2. The van der Waals surface area contributed by atoms with E-state index in [1.54, 1.807) is 4.90 Å². The Labute approximate surface area is 210 Å². The van der Waals surface area contributed by atoms with Crippen LogP contribution in [0, 0.1) is 0 Å². The fraction of sp³-hybridized carbons (Fsp3) is 0.258. The van der Waals surface area contributed by atoms with Crippen molar-refractivity contribution in [2.24, 2.45) is 0 Å². The maximum absolute atomic E-state index is 13.5. The monoisotopic (exact) mass is 476 g/mol. The molecule has 1 amide bonds. The molecule has 5 heteroatoms. The summed E-state index contributed by atoms with van der Waals surface area (Å²) in [7, 11) is 0. The number of pyridine rings is 1. The number of hydrogen-bond acceptors (Lipinski definition) is 4. The second-order valence-electron chi connectivity index (χ2n) is 9.69. The van der Waals surface area contributed by atoms with Gasteiger partial charge in [0, 0.05) is 24.2 Å². The van der Waals surface area contributed by atoms with Gasteiger partial charge in [-0.3, -0.25) is 9.78 Å². The molecule has 3 aromatic carbocycles. The number of aromatic nitrogens is 1. The SMILES string of the molecule is O=C(OCC(=O)N1CCc2ccccc2C1)c1c2c(nc3ccccc13)CCC(c1ccccc1)C2. The Morgan fingerprint density at radius 3 is 2.50 bits per heavy atom. The molecule has 180 valence electrons. The normalized spacial score (nSPS) is 16.8. The number of para-hydroxylation sites is 1. The maximum Gasteiger partial charge on any atom is 0.339 e. The smallest absolute Gasteiger partial charge is 0.339 e. The summed E-state index contributed by atoms with van der Waals surface area (Å²) < 4.78 is 5.69. The van der Waals surface area contributed by atoms with Crippen LogP contribution >= 0.6 is 0 Å². The number of amides is 1. The molecule has 0 N–H and O–H groups in total. The standard InChI is InChI=1S/C31H28N2O3/c34-29(33-17-16-22-10-4-5-11-24(22)19-33)20-36-31(35)30-25-12-6-7-13-27(25)32-28-15-14-23(18-26(28)30)21-8-2-1-3-9-21/h1-13,23H,14-20H2. The molecule has 4 aromatic rings. The fourth-order valence-corrected chi connectivity index (χ4v) is 5.63. The van der Waals surface area contributed by atoms with Crippen LogP contribution in [0.15, 0.2) is 78.9 Å². The summed E-state index contributed by atoms with van der Waals surface area (Å²) in [6, 6.07) is 26.3. The highest BCUT2D eigenvalue weighted by Crippen LogP contribution is 2.36. The molecule has 36 heavy (non-hydrogen) atoms. The molecule has 0 fully saturated rings. The van der Waals surface area contributed by atoms with Gasteiger partial charge in [-0.05, 0) is 59.9 Å². The van der Waals surface area contributed by atoms with E-state index in [1.165, 1.54) is 11.1 Å². The zero-order valence-electron chi connectivity index (χ0n) is 20.2. The number of fused-ring (bicyclic) bond motifs is 3. The number of rotatable bonds is 4. The van der Waals surface area contributed by atoms with Crippen LogP contribution in [0.4, 0.5) is 0 Å². The van der Waals surface area contributed by atoms with Crippen molar-refractivity contribution in [1.82, 2.24) is 9.88 Å². The number of carbonyl (C=O) groups excluding carboxylic acids is 2. The summed E-state index contributed by atoms with van der Waals surface area (Å²) in [5.74, 6) is -0.278. The third kappa shape index (κ3) is 4.26. The van der Waals surface area contributed by atoms with E-state index < -0.39 is 5.97 Å². The Bertz CT molecular complexity index is 1450. The van der Waals surface area contributed by atoms with Crippen molar-refractivity contribution in [3.63, 3.8) is 0 Å². The van der Waals surface area contributed by atoms with Crippen molar-refractivity contribution >= 4 is 22.8 Å². The van der Waals surface area contributed by atoms with Crippen molar-refractivity contribution < 1.29 is 14.3 Å². The van der Waals surface area contributed by atoms with Crippen LogP contribution in [0.1, 0.15) is 50.6 Å². The molecule has 6 rings (SSSR count). The van der Waals surface area contributed by atoms with E-state index in [0.29, 0.717) is 24.6 Å². The van der Waals surface area contributed by atoms with Crippen molar-refractivity contribution in [3.8, 4) is 0 Å². The van der Waals surface area contributed by atoms with Crippen LogP contribution in [0.3, 0.4) is 0 Å². The molecule has 1 aliphatic heterocycles. The molecule has 0 saturated carbocycles. The number of carbonyl (C=O) groups is 2. The lowest BCUT2D eigenvalue weighted by Gasteiger charge is -2.29. The van der Waals surface area contributed by atoms with E-state index in [9.17, 15) is 9.59 Å². The molecular weight excluding hydrogens is 448 g/mol. The van der Waals surface area contributed by atoms with Crippen molar-refractivity contribution in [2.75, 3.05) is 13.2 Å². The van der Waals surface area contributed by atoms with E-state index in [4.69, 9.17) is 9.72 Å². The van der Waals surface area contributed by atoms with Gasteiger partial charge < -0.3 is 9.64 Å². The summed E-state index contributed by atoms with van der Waals surface area (Å²) in [6.45, 7) is 0.938. The first-order chi connectivity index (χ1) is 17.7. The zero-order valence-corrected chi connectivity index (χ0v) is 20.2. The molecular formula is C31H28N2O3. The van der Waals surface area contributed by atoms with Gasteiger partial charge in [0.25, 0.3) is 5.91 Å². The lowest BCUT2D eigenvalue weighted by Crippen LogP contribution is -2.38. The number of aryl methyl sites for hydroxylation is 1. The first kappa shape index (κ1) is 22.5. The number of hydrogen-bond donors (Lipinski definition) is 0. The third-order valence-corrected chi connectivity index (χ3v) is 7.54. The molecule has 0 bridgehead atoms. The molecule has 1 atom stereocenters. The van der Waals surface area contributed by atoms with Gasteiger partial charge >= 0.3 is 5.97 Å². The number of ether oxygens (including phenoxy) is 1. The van der Waals surface area contributed by atoms with Gasteiger partial charge in [-0.15, -0.1) is 0 Å². The lowest BCUT2D eigenvalue weighted by atomic mass is 9.80. The Balaban J connectivity index is 1.25. The molecule has 2 aliphatic rings. The highest BCUT2D eigenvalue weighted by Gasteiger charge is 2.29. The average Bonchev–Trinajstić information content (AvgIpc) is 2.94. The summed E-state index contributed by atoms with van der Waals surface area (Å²) in [5, 5.41) is 0.786. The van der Waals surface area contributed by atoms with Gasteiger partial charge in [0.15, 0.2) is 6.61 Å². The second-order valence-corrected chi connectivity index (χ2v) is 9.69. The Morgan fingerprint density at radius 1 is 0.889 bits per heavy atom. The van der Waals surface area contributed by atoms with Crippen molar-refractivity contribution in [1.29, 1.82) is 0 Å². The largest absolute Gasteiger partial charge is 0.452 e.